The second-order valence-electron chi connectivity index (χ2n) is 4.57. The maximum absolute atomic E-state index is 11.5. The molecule has 1 aromatic heterocycles. The Morgan fingerprint density at radius 3 is 2.60 bits per heavy atom. The second-order valence-corrected chi connectivity index (χ2v) is 4.57. The predicted octanol–water partition coefficient (Wildman–Crippen LogP) is 2.37. The zero-order valence-electron chi connectivity index (χ0n) is 11.5. The zero-order valence-corrected chi connectivity index (χ0v) is 11.5. The maximum Gasteiger partial charge on any atom is 0.250 e. The normalized spacial score (nSPS) is 12.1. The van der Waals surface area contributed by atoms with Crippen LogP contribution in [0, 0.1) is 0 Å². The van der Waals surface area contributed by atoms with Gasteiger partial charge in [0.15, 0.2) is 0 Å². The van der Waals surface area contributed by atoms with Gasteiger partial charge in [-0.1, -0.05) is 25.1 Å². The fraction of sp³-hybridized carbons (Fsp3) is 0.312. The van der Waals surface area contributed by atoms with E-state index in [1.807, 2.05) is 37.3 Å². The Morgan fingerprint density at radius 2 is 1.95 bits per heavy atom. The first-order valence-corrected chi connectivity index (χ1v) is 6.77. The van der Waals surface area contributed by atoms with Gasteiger partial charge < -0.3 is 14.4 Å². The van der Waals surface area contributed by atoms with Crippen LogP contribution in [-0.2, 0) is 6.54 Å². The van der Waals surface area contributed by atoms with Gasteiger partial charge in [-0.3, -0.25) is 4.79 Å². The average molecular weight is 273 g/mol. The molecule has 0 spiro atoms. The van der Waals surface area contributed by atoms with Gasteiger partial charge in [0.1, 0.15) is 12.4 Å². The lowest BCUT2D eigenvalue weighted by Crippen LogP contribution is -2.21. The molecule has 1 aromatic carbocycles. The van der Waals surface area contributed by atoms with Crippen LogP contribution in [0.15, 0.2) is 53.5 Å². The minimum absolute atomic E-state index is 0.0301. The Labute approximate surface area is 118 Å². The smallest absolute Gasteiger partial charge is 0.250 e. The number of pyridine rings is 1. The van der Waals surface area contributed by atoms with E-state index in [0.29, 0.717) is 19.6 Å². The highest BCUT2D eigenvalue weighted by Crippen LogP contribution is 2.19. The molecule has 0 saturated carbocycles. The van der Waals surface area contributed by atoms with Crippen molar-refractivity contribution in [1.29, 1.82) is 0 Å². The van der Waals surface area contributed by atoms with Crippen molar-refractivity contribution in [3.05, 3.63) is 64.6 Å². The topological polar surface area (TPSA) is 51.5 Å². The van der Waals surface area contributed by atoms with Crippen LogP contribution in [0.3, 0.4) is 0 Å². The molecule has 0 bridgehead atoms. The quantitative estimate of drug-likeness (QED) is 0.879. The molecule has 0 aliphatic rings. The third-order valence-electron chi connectivity index (χ3n) is 3.15. The van der Waals surface area contributed by atoms with Crippen molar-refractivity contribution >= 4 is 0 Å². The molecule has 0 amide bonds. The number of nitrogens with zero attached hydrogens (tertiary/aromatic N) is 1. The van der Waals surface area contributed by atoms with E-state index in [0.717, 1.165) is 11.3 Å². The summed E-state index contributed by atoms with van der Waals surface area (Å²) in [6.45, 7) is 2.88. The van der Waals surface area contributed by atoms with Gasteiger partial charge in [-0.2, -0.15) is 0 Å². The highest BCUT2D eigenvalue weighted by molar-refractivity contribution is 5.28. The molecule has 1 heterocycles. The summed E-state index contributed by atoms with van der Waals surface area (Å²) in [5.41, 5.74) is 0.858. The first kappa shape index (κ1) is 14.3. The maximum atomic E-state index is 11.5. The summed E-state index contributed by atoms with van der Waals surface area (Å²) < 4.78 is 7.20. The molecule has 2 aromatic rings. The number of rotatable bonds is 6. The van der Waals surface area contributed by atoms with Crippen molar-refractivity contribution in [2.75, 3.05) is 6.61 Å². The summed E-state index contributed by atoms with van der Waals surface area (Å²) >= 11 is 0. The van der Waals surface area contributed by atoms with E-state index >= 15 is 0 Å². The fourth-order valence-corrected chi connectivity index (χ4v) is 1.93. The van der Waals surface area contributed by atoms with Gasteiger partial charge in [0.2, 0.25) is 0 Å². The number of hydrogen-bond donors (Lipinski definition) is 1. The monoisotopic (exact) mass is 273 g/mol. The predicted molar refractivity (Wildman–Crippen MR) is 77.9 cm³/mol. The molecule has 4 nitrogen and oxygen atoms in total. The van der Waals surface area contributed by atoms with E-state index in [2.05, 4.69) is 0 Å². The van der Waals surface area contributed by atoms with Crippen LogP contribution in [0.5, 0.6) is 5.75 Å². The van der Waals surface area contributed by atoms with Gasteiger partial charge in [-0.15, -0.1) is 0 Å². The number of hydrogen-bond acceptors (Lipinski definition) is 3. The Bertz CT molecular complexity index is 589. The number of benzene rings is 1. The number of ether oxygens (including phenoxy) is 1. The highest BCUT2D eigenvalue weighted by atomic mass is 16.5. The van der Waals surface area contributed by atoms with Crippen LogP contribution in [0.1, 0.15) is 25.0 Å². The molecule has 106 valence electrons. The molecular weight excluding hydrogens is 254 g/mol. The second kappa shape index (κ2) is 6.91. The third-order valence-corrected chi connectivity index (χ3v) is 3.15. The fourth-order valence-electron chi connectivity index (χ4n) is 1.93. The molecule has 1 unspecified atom stereocenters. The lowest BCUT2D eigenvalue weighted by atomic mass is 10.1. The summed E-state index contributed by atoms with van der Waals surface area (Å²) in [6.07, 6.45) is 2.01. The molecule has 0 aliphatic carbocycles. The summed E-state index contributed by atoms with van der Waals surface area (Å²) in [4.78, 5) is 11.5. The molecule has 0 saturated heterocycles. The highest BCUT2D eigenvalue weighted by Gasteiger charge is 2.04. The summed E-state index contributed by atoms with van der Waals surface area (Å²) in [6, 6.07) is 12.5. The molecule has 1 atom stereocenters. The Hall–Kier alpha value is -2.07. The van der Waals surface area contributed by atoms with Crippen LogP contribution >= 0.6 is 0 Å². The Kier molecular flexibility index (Phi) is 4.96. The van der Waals surface area contributed by atoms with Gasteiger partial charge in [-0.25, -0.2) is 0 Å². The van der Waals surface area contributed by atoms with E-state index in [-0.39, 0.29) is 5.56 Å². The van der Waals surface area contributed by atoms with Crippen molar-refractivity contribution < 1.29 is 9.84 Å². The number of aromatic nitrogens is 1. The number of aliphatic hydroxyl groups excluding tert-OH is 1. The van der Waals surface area contributed by atoms with Crippen molar-refractivity contribution in [1.82, 2.24) is 4.57 Å². The van der Waals surface area contributed by atoms with Gasteiger partial charge in [0.05, 0.1) is 12.6 Å². The van der Waals surface area contributed by atoms with Gasteiger partial charge >= 0.3 is 0 Å². The van der Waals surface area contributed by atoms with Gasteiger partial charge in [0, 0.05) is 12.3 Å². The lowest BCUT2D eigenvalue weighted by molar-refractivity contribution is 0.173. The first-order valence-electron chi connectivity index (χ1n) is 6.77. The minimum Gasteiger partial charge on any atom is -0.492 e. The van der Waals surface area contributed by atoms with Crippen LogP contribution in [0.25, 0.3) is 0 Å². The molecule has 4 heteroatoms. The van der Waals surface area contributed by atoms with Gasteiger partial charge in [-0.05, 0) is 30.2 Å². The zero-order chi connectivity index (χ0) is 14.4. The van der Waals surface area contributed by atoms with Crippen LogP contribution in [0.2, 0.25) is 0 Å². The number of aliphatic hydroxyl groups is 1. The van der Waals surface area contributed by atoms with Crippen molar-refractivity contribution in [2.24, 2.45) is 0 Å². The molecule has 0 radical (unpaired) electrons. The molecule has 1 N–H and O–H groups in total. The van der Waals surface area contributed by atoms with Crippen LogP contribution < -0.4 is 10.3 Å². The van der Waals surface area contributed by atoms with Crippen molar-refractivity contribution in [3.8, 4) is 5.75 Å². The standard InChI is InChI=1S/C16H19NO3/c1-2-15(18)13-6-8-14(9-7-13)20-12-11-17-10-4-3-5-16(17)19/h3-10,15,18H,2,11-12H2,1H3. The summed E-state index contributed by atoms with van der Waals surface area (Å²) in [5.74, 6) is 0.737. The Balaban J connectivity index is 1.88. The molecule has 20 heavy (non-hydrogen) atoms. The lowest BCUT2D eigenvalue weighted by Gasteiger charge is -2.10. The van der Waals surface area contributed by atoms with Crippen LogP contribution in [0.4, 0.5) is 0 Å². The van der Waals surface area contributed by atoms with Crippen LogP contribution in [-0.4, -0.2) is 16.3 Å². The summed E-state index contributed by atoms with van der Waals surface area (Å²) in [5, 5.41) is 9.70. The molecule has 0 aliphatic heterocycles. The Morgan fingerprint density at radius 1 is 1.20 bits per heavy atom. The SMILES string of the molecule is CCC(O)c1ccc(OCCn2ccccc2=O)cc1. The van der Waals surface area contributed by atoms with Crippen molar-refractivity contribution in [3.63, 3.8) is 0 Å². The van der Waals surface area contributed by atoms with E-state index in [1.165, 1.54) is 6.07 Å². The molecule has 0 fully saturated rings. The largest absolute Gasteiger partial charge is 0.492 e. The first-order chi connectivity index (χ1) is 9.70. The van der Waals surface area contributed by atoms with Gasteiger partial charge in [0.25, 0.3) is 5.56 Å². The summed E-state index contributed by atoms with van der Waals surface area (Å²) in [7, 11) is 0. The van der Waals surface area contributed by atoms with E-state index < -0.39 is 6.10 Å². The average Bonchev–Trinajstić information content (AvgIpc) is 2.49. The third kappa shape index (κ3) is 3.71. The van der Waals surface area contributed by atoms with E-state index in [1.54, 1.807) is 16.8 Å². The minimum atomic E-state index is -0.424. The molecular formula is C16H19NO3. The van der Waals surface area contributed by atoms with Crippen molar-refractivity contribution in [2.45, 2.75) is 26.0 Å². The van der Waals surface area contributed by atoms with E-state index in [4.69, 9.17) is 4.74 Å². The molecule has 2 rings (SSSR count). The van der Waals surface area contributed by atoms with E-state index in [9.17, 15) is 9.90 Å².